The van der Waals surface area contributed by atoms with Gasteiger partial charge in [-0.15, -0.1) is 11.8 Å². The van der Waals surface area contributed by atoms with E-state index in [4.69, 9.17) is 11.6 Å². The number of hydrogen-bond donors (Lipinski definition) is 1. The molecule has 0 aliphatic heterocycles. The highest BCUT2D eigenvalue weighted by Crippen LogP contribution is 2.18. The molecule has 1 atom stereocenters. The first-order valence-electron chi connectivity index (χ1n) is 6.82. The van der Waals surface area contributed by atoms with Gasteiger partial charge >= 0.3 is 0 Å². The van der Waals surface area contributed by atoms with Gasteiger partial charge in [-0.3, -0.25) is 9.59 Å². The molecule has 0 saturated heterocycles. The van der Waals surface area contributed by atoms with Gasteiger partial charge in [0.15, 0.2) is 5.78 Å². The van der Waals surface area contributed by atoms with E-state index in [0.29, 0.717) is 16.3 Å². The Morgan fingerprint density at radius 2 is 1.73 bits per heavy atom. The molecule has 2 aromatic rings. The highest BCUT2D eigenvalue weighted by molar-refractivity contribution is 8.01. The van der Waals surface area contributed by atoms with Crippen LogP contribution in [0, 0.1) is 0 Å². The Kier molecular flexibility index (Phi) is 6.04. The molecule has 1 unspecified atom stereocenters. The molecule has 0 heterocycles. The van der Waals surface area contributed by atoms with E-state index < -0.39 is 0 Å². The molecule has 0 fully saturated rings. The van der Waals surface area contributed by atoms with Gasteiger partial charge in [0.2, 0.25) is 5.91 Å². The number of carbonyl (C=O) groups excluding carboxylic acids is 2. The van der Waals surface area contributed by atoms with E-state index in [-0.39, 0.29) is 22.7 Å². The van der Waals surface area contributed by atoms with E-state index >= 15 is 0 Å². The van der Waals surface area contributed by atoms with Crippen LogP contribution in [0.4, 0.5) is 5.69 Å². The maximum Gasteiger partial charge on any atom is 0.234 e. The van der Waals surface area contributed by atoms with Gasteiger partial charge in [0.1, 0.15) is 0 Å². The van der Waals surface area contributed by atoms with Gasteiger partial charge in [-0.25, -0.2) is 0 Å². The van der Waals surface area contributed by atoms with Crippen LogP contribution in [-0.4, -0.2) is 22.7 Å². The van der Waals surface area contributed by atoms with Crippen molar-refractivity contribution in [3.63, 3.8) is 0 Å². The normalized spacial score (nSPS) is 11.7. The van der Waals surface area contributed by atoms with E-state index in [1.807, 2.05) is 25.1 Å². The third-order valence-electron chi connectivity index (χ3n) is 3.02. The quantitative estimate of drug-likeness (QED) is 0.802. The summed E-state index contributed by atoms with van der Waals surface area (Å²) >= 11 is 7.11. The summed E-state index contributed by atoms with van der Waals surface area (Å²) in [5.41, 5.74) is 1.36. The third-order valence-corrected chi connectivity index (χ3v) is 4.41. The molecule has 5 heteroatoms. The van der Waals surface area contributed by atoms with E-state index in [1.165, 1.54) is 11.8 Å². The largest absolute Gasteiger partial charge is 0.325 e. The fourth-order valence-electron chi connectivity index (χ4n) is 1.84. The van der Waals surface area contributed by atoms with Gasteiger partial charge in [-0.2, -0.15) is 0 Å². The van der Waals surface area contributed by atoms with Crippen molar-refractivity contribution in [2.24, 2.45) is 0 Å². The molecule has 1 amide bonds. The molecule has 0 spiro atoms. The fraction of sp³-hybridized carbons (Fsp3) is 0.176. The van der Waals surface area contributed by atoms with Gasteiger partial charge in [-0.1, -0.05) is 41.9 Å². The zero-order valence-electron chi connectivity index (χ0n) is 12.1. The molecular weight excluding hydrogens is 318 g/mol. The number of halogens is 1. The summed E-state index contributed by atoms with van der Waals surface area (Å²) in [4.78, 5) is 24.1. The molecule has 1 N–H and O–H groups in total. The number of thioether (sulfide) groups is 1. The number of carbonyl (C=O) groups is 2. The van der Waals surface area contributed by atoms with Crippen molar-refractivity contribution in [3.8, 4) is 0 Å². The Hall–Kier alpha value is -1.78. The second-order valence-electron chi connectivity index (χ2n) is 4.74. The van der Waals surface area contributed by atoms with Crippen molar-refractivity contribution >= 4 is 40.7 Å². The highest BCUT2D eigenvalue weighted by atomic mass is 35.5. The van der Waals surface area contributed by atoms with Gasteiger partial charge in [0.05, 0.1) is 11.0 Å². The number of rotatable bonds is 6. The predicted molar refractivity (Wildman–Crippen MR) is 92.8 cm³/mol. The van der Waals surface area contributed by atoms with E-state index in [2.05, 4.69) is 5.32 Å². The van der Waals surface area contributed by atoms with Crippen LogP contribution in [0.5, 0.6) is 0 Å². The minimum absolute atomic E-state index is 0.0323. The zero-order chi connectivity index (χ0) is 15.9. The van der Waals surface area contributed by atoms with Crippen molar-refractivity contribution in [2.45, 2.75) is 12.2 Å². The average Bonchev–Trinajstić information content (AvgIpc) is 2.55. The van der Waals surface area contributed by atoms with E-state index in [1.54, 1.807) is 36.4 Å². The van der Waals surface area contributed by atoms with Crippen LogP contribution in [0.3, 0.4) is 0 Å². The summed E-state index contributed by atoms with van der Waals surface area (Å²) in [6, 6.07) is 16.0. The number of benzene rings is 2. The SMILES string of the molecule is CC(SCC(=O)Nc1ccc(Cl)cc1)C(=O)c1ccccc1. The van der Waals surface area contributed by atoms with E-state index in [9.17, 15) is 9.59 Å². The van der Waals surface area contributed by atoms with Gasteiger partial charge in [-0.05, 0) is 31.2 Å². The summed E-state index contributed by atoms with van der Waals surface area (Å²) in [6.07, 6.45) is 0. The number of hydrogen-bond acceptors (Lipinski definition) is 3. The zero-order valence-corrected chi connectivity index (χ0v) is 13.7. The van der Waals surface area contributed by atoms with Crippen molar-refractivity contribution in [2.75, 3.05) is 11.1 Å². The Morgan fingerprint density at radius 3 is 2.36 bits per heavy atom. The van der Waals surface area contributed by atoms with Crippen molar-refractivity contribution in [3.05, 3.63) is 65.2 Å². The molecule has 0 bridgehead atoms. The first kappa shape index (κ1) is 16.6. The molecule has 0 radical (unpaired) electrons. The van der Waals surface area contributed by atoms with Crippen LogP contribution < -0.4 is 5.32 Å². The number of Topliss-reactive ketones (excluding diaryl/α,β-unsaturated/α-hetero) is 1. The first-order chi connectivity index (χ1) is 10.6. The van der Waals surface area contributed by atoms with Crippen LogP contribution in [0.25, 0.3) is 0 Å². The summed E-state index contributed by atoms with van der Waals surface area (Å²) in [5.74, 6) is 0.118. The monoisotopic (exact) mass is 333 g/mol. The number of nitrogens with one attached hydrogen (secondary N) is 1. The van der Waals surface area contributed by atoms with Crippen molar-refractivity contribution in [1.29, 1.82) is 0 Å². The maximum atomic E-state index is 12.2. The van der Waals surface area contributed by atoms with Crippen LogP contribution in [0.15, 0.2) is 54.6 Å². The third kappa shape index (κ3) is 4.90. The minimum Gasteiger partial charge on any atom is -0.325 e. The van der Waals surface area contributed by atoms with Crippen LogP contribution in [0.2, 0.25) is 5.02 Å². The lowest BCUT2D eigenvalue weighted by Gasteiger charge is -2.10. The molecular formula is C17H16ClNO2S. The second kappa shape index (κ2) is 8.01. The van der Waals surface area contributed by atoms with Crippen LogP contribution in [0.1, 0.15) is 17.3 Å². The molecule has 0 aliphatic carbocycles. The Balaban J connectivity index is 1.83. The Morgan fingerprint density at radius 1 is 1.09 bits per heavy atom. The number of amides is 1. The topological polar surface area (TPSA) is 46.2 Å². The van der Waals surface area contributed by atoms with Gasteiger partial charge in [0.25, 0.3) is 0 Å². The average molecular weight is 334 g/mol. The predicted octanol–water partition coefficient (Wildman–Crippen LogP) is 4.28. The smallest absolute Gasteiger partial charge is 0.234 e. The number of anilines is 1. The first-order valence-corrected chi connectivity index (χ1v) is 8.25. The van der Waals surface area contributed by atoms with Crippen LogP contribution in [-0.2, 0) is 4.79 Å². The molecule has 0 aliphatic rings. The second-order valence-corrected chi connectivity index (χ2v) is 6.50. The van der Waals surface area contributed by atoms with Crippen molar-refractivity contribution < 1.29 is 9.59 Å². The Labute approximate surface area is 139 Å². The summed E-state index contributed by atoms with van der Waals surface area (Å²) in [5, 5.41) is 3.13. The van der Waals surface area contributed by atoms with Crippen molar-refractivity contribution in [1.82, 2.24) is 0 Å². The fourth-order valence-corrected chi connectivity index (χ4v) is 2.73. The molecule has 3 nitrogen and oxygen atoms in total. The molecule has 22 heavy (non-hydrogen) atoms. The molecule has 2 rings (SSSR count). The van der Waals surface area contributed by atoms with Crippen LogP contribution >= 0.6 is 23.4 Å². The lowest BCUT2D eigenvalue weighted by atomic mass is 10.1. The molecule has 114 valence electrons. The summed E-state index contributed by atoms with van der Waals surface area (Å²) in [6.45, 7) is 1.82. The summed E-state index contributed by atoms with van der Waals surface area (Å²) in [7, 11) is 0. The van der Waals surface area contributed by atoms with E-state index in [0.717, 1.165) is 0 Å². The lowest BCUT2D eigenvalue weighted by molar-refractivity contribution is -0.113. The minimum atomic E-state index is -0.265. The molecule has 0 aromatic heterocycles. The van der Waals surface area contributed by atoms with Gasteiger partial charge < -0.3 is 5.32 Å². The Bertz CT molecular complexity index is 643. The molecule has 2 aromatic carbocycles. The maximum absolute atomic E-state index is 12.2. The lowest BCUT2D eigenvalue weighted by Crippen LogP contribution is -2.19. The molecule has 0 saturated carbocycles. The highest BCUT2D eigenvalue weighted by Gasteiger charge is 2.16. The standard InChI is InChI=1S/C17H16ClNO2S/c1-12(17(21)13-5-3-2-4-6-13)22-11-16(20)19-15-9-7-14(18)8-10-15/h2-10,12H,11H2,1H3,(H,19,20). The van der Waals surface area contributed by atoms with Gasteiger partial charge in [0, 0.05) is 16.3 Å². The summed E-state index contributed by atoms with van der Waals surface area (Å²) < 4.78 is 0. The number of ketones is 1.